The molecular formula is C15H11N2O4S-. The number of hydrogen-bond donors (Lipinski definition) is 0. The summed E-state index contributed by atoms with van der Waals surface area (Å²) in [6.07, 6.45) is 1.23. The first-order valence-corrected chi connectivity index (χ1v) is 7.23. The topological polar surface area (TPSA) is 84.2 Å². The molecule has 2 aromatic heterocycles. The summed E-state index contributed by atoms with van der Waals surface area (Å²) >= 11 is 1.28. The molecule has 7 heteroatoms. The first-order chi connectivity index (χ1) is 10.6. The number of ether oxygens (including phenoxy) is 1. The molecule has 0 aliphatic heterocycles. The first kappa shape index (κ1) is 14.3. The van der Waals surface area contributed by atoms with Gasteiger partial charge in [0.2, 0.25) is 0 Å². The van der Waals surface area contributed by atoms with Gasteiger partial charge in [0.05, 0.1) is 31.5 Å². The minimum absolute atomic E-state index is 0.376. The maximum Gasteiger partial charge on any atom is 0.271 e. The van der Waals surface area contributed by atoms with Crippen LogP contribution in [0.15, 0.2) is 41.5 Å². The summed E-state index contributed by atoms with van der Waals surface area (Å²) in [7, 11) is 1.60. The summed E-state index contributed by atoms with van der Waals surface area (Å²) in [6.45, 7) is -0.502. The van der Waals surface area contributed by atoms with Gasteiger partial charge in [-0.2, -0.15) is 0 Å². The highest BCUT2D eigenvalue weighted by Gasteiger charge is 2.10. The van der Waals surface area contributed by atoms with Crippen molar-refractivity contribution in [1.82, 2.24) is 9.55 Å². The molecule has 112 valence electrons. The summed E-state index contributed by atoms with van der Waals surface area (Å²) in [6, 6.07) is 9.27. The lowest BCUT2D eigenvalue weighted by Gasteiger charge is -2.04. The van der Waals surface area contributed by atoms with Crippen LogP contribution in [0.3, 0.4) is 0 Å². The Labute approximate surface area is 129 Å². The number of aliphatic carboxylic acids is 1. The number of nitrogens with zero attached hydrogens (tertiary/aromatic N) is 2. The number of fused-ring (bicyclic) bond motifs is 1. The molecule has 22 heavy (non-hydrogen) atoms. The van der Waals surface area contributed by atoms with Crippen LogP contribution in [0.25, 0.3) is 20.7 Å². The van der Waals surface area contributed by atoms with Gasteiger partial charge < -0.3 is 14.6 Å². The predicted octanol–water partition coefficient (Wildman–Crippen LogP) is 0.883. The lowest BCUT2D eigenvalue weighted by Crippen LogP contribution is -2.32. The van der Waals surface area contributed by atoms with E-state index < -0.39 is 12.5 Å². The minimum atomic E-state index is -1.32. The number of carboxylic acids is 1. The molecule has 0 atom stereocenters. The van der Waals surface area contributed by atoms with Crippen molar-refractivity contribution in [3.05, 3.63) is 47.0 Å². The molecule has 6 nitrogen and oxygen atoms in total. The second-order valence-corrected chi connectivity index (χ2v) is 5.66. The van der Waals surface area contributed by atoms with Crippen LogP contribution < -0.4 is 15.4 Å². The Morgan fingerprint density at radius 1 is 1.36 bits per heavy atom. The molecule has 0 spiro atoms. The lowest BCUT2D eigenvalue weighted by atomic mass is 10.2. The SMILES string of the molecule is COc1ccc(-c2cc3ncn(CC(=O)[O-])c(=O)c3s2)cc1. The number of aromatic nitrogens is 2. The maximum absolute atomic E-state index is 12.2. The molecule has 0 radical (unpaired) electrons. The minimum Gasteiger partial charge on any atom is -0.548 e. The highest BCUT2D eigenvalue weighted by Crippen LogP contribution is 2.31. The van der Waals surface area contributed by atoms with E-state index in [1.165, 1.54) is 17.7 Å². The number of carbonyl (C=O) groups excluding carboxylic acids is 1. The first-order valence-electron chi connectivity index (χ1n) is 6.42. The number of carbonyl (C=O) groups is 1. The number of methoxy groups -OCH3 is 1. The van der Waals surface area contributed by atoms with Gasteiger partial charge in [-0.1, -0.05) is 0 Å². The van der Waals surface area contributed by atoms with Crippen molar-refractivity contribution in [2.45, 2.75) is 6.54 Å². The zero-order chi connectivity index (χ0) is 15.7. The Balaban J connectivity index is 2.07. The van der Waals surface area contributed by atoms with Gasteiger partial charge in [-0.05, 0) is 35.9 Å². The largest absolute Gasteiger partial charge is 0.548 e. The smallest absolute Gasteiger partial charge is 0.271 e. The Kier molecular flexibility index (Phi) is 3.64. The molecule has 0 unspecified atom stereocenters. The van der Waals surface area contributed by atoms with E-state index in [1.54, 1.807) is 7.11 Å². The molecule has 0 N–H and O–H groups in total. The molecule has 0 fully saturated rings. The van der Waals surface area contributed by atoms with Gasteiger partial charge in [0.25, 0.3) is 5.56 Å². The van der Waals surface area contributed by atoms with Crippen LogP contribution in [0.2, 0.25) is 0 Å². The molecule has 1 aromatic carbocycles. The van der Waals surface area contributed by atoms with Gasteiger partial charge in [0, 0.05) is 4.88 Å². The molecule has 3 rings (SSSR count). The Morgan fingerprint density at radius 2 is 2.09 bits per heavy atom. The van der Waals surface area contributed by atoms with Gasteiger partial charge in [-0.25, -0.2) is 4.98 Å². The molecule has 3 aromatic rings. The van der Waals surface area contributed by atoms with E-state index in [2.05, 4.69) is 4.98 Å². The predicted molar refractivity (Wildman–Crippen MR) is 80.9 cm³/mol. The van der Waals surface area contributed by atoms with Crippen molar-refractivity contribution in [3.8, 4) is 16.2 Å². The van der Waals surface area contributed by atoms with Crippen LogP contribution in [0.5, 0.6) is 5.75 Å². The summed E-state index contributed by atoms with van der Waals surface area (Å²) in [5.41, 5.74) is 1.11. The molecule has 0 saturated carbocycles. The lowest BCUT2D eigenvalue weighted by molar-refractivity contribution is -0.306. The Bertz CT molecular complexity index is 896. The zero-order valence-electron chi connectivity index (χ0n) is 11.6. The second kappa shape index (κ2) is 5.61. The van der Waals surface area contributed by atoms with E-state index in [0.29, 0.717) is 10.2 Å². The van der Waals surface area contributed by atoms with Crippen molar-refractivity contribution >= 4 is 27.5 Å². The van der Waals surface area contributed by atoms with Gasteiger partial charge >= 0.3 is 0 Å². The van der Waals surface area contributed by atoms with Crippen molar-refractivity contribution in [2.24, 2.45) is 0 Å². The maximum atomic E-state index is 12.2. The van der Waals surface area contributed by atoms with Crippen molar-refractivity contribution in [3.63, 3.8) is 0 Å². The number of carboxylic acid groups (broad SMARTS) is 1. The fraction of sp³-hybridized carbons (Fsp3) is 0.133. The van der Waals surface area contributed by atoms with Crippen molar-refractivity contribution in [2.75, 3.05) is 7.11 Å². The standard InChI is InChI=1S/C15H12N2O4S/c1-21-10-4-2-9(3-5-10)12-6-11-14(22-12)15(20)17(8-16-11)7-13(18)19/h2-6,8H,7H2,1H3,(H,18,19)/p-1. The number of hydrogen-bond acceptors (Lipinski definition) is 6. The molecule has 0 aliphatic rings. The third kappa shape index (κ3) is 2.58. The Morgan fingerprint density at radius 3 is 2.73 bits per heavy atom. The van der Waals surface area contributed by atoms with E-state index in [9.17, 15) is 14.7 Å². The third-order valence-electron chi connectivity index (χ3n) is 3.18. The van der Waals surface area contributed by atoms with E-state index >= 15 is 0 Å². The van der Waals surface area contributed by atoms with Crippen LogP contribution in [-0.2, 0) is 11.3 Å². The van der Waals surface area contributed by atoms with Crippen molar-refractivity contribution in [1.29, 1.82) is 0 Å². The summed E-state index contributed by atoms with van der Waals surface area (Å²) < 4.78 is 6.57. The zero-order valence-corrected chi connectivity index (χ0v) is 12.4. The van der Waals surface area contributed by atoms with Crippen LogP contribution in [0.4, 0.5) is 0 Å². The van der Waals surface area contributed by atoms with Crippen LogP contribution in [0, 0.1) is 0 Å². The quantitative estimate of drug-likeness (QED) is 0.713. The normalized spacial score (nSPS) is 10.8. The van der Waals surface area contributed by atoms with Crippen LogP contribution in [0.1, 0.15) is 0 Å². The molecule has 2 heterocycles. The average molecular weight is 315 g/mol. The van der Waals surface area contributed by atoms with E-state index in [1.807, 2.05) is 30.3 Å². The molecule has 0 saturated heterocycles. The summed E-state index contributed by atoms with van der Waals surface area (Å²) in [5, 5.41) is 10.6. The van der Waals surface area contributed by atoms with E-state index in [0.717, 1.165) is 20.8 Å². The average Bonchev–Trinajstić information content (AvgIpc) is 2.95. The fourth-order valence-electron chi connectivity index (χ4n) is 2.09. The fourth-order valence-corrected chi connectivity index (χ4v) is 3.16. The van der Waals surface area contributed by atoms with Gasteiger partial charge in [0.15, 0.2) is 0 Å². The monoisotopic (exact) mass is 315 g/mol. The summed E-state index contributed by atoms with van der Waals surface area (Å²) in [5.74, 6) is -0.575. The third-order valence-corrected chi connectivity index (χ3v) is 4.34. The number of benzene rings is 1. The molecule has 0 aliphatic carbocycles. The van der Waals surface area contributed by atoms with Crippen LogP contribution in [-0.4, -0.2) is 22.6 Å². The second-order valence-electron chi connectivity index (χ2n) is 4.60. The molecular weight excluding hydrogens is 304 g/mol. The Hall–Kier alpha value is -2.67. The number of thiophene rings is 1. The molecule has 0 amide bonds. The summed E-state index contributed by atoms with van der Waals surface area (Å²) in [4.78, 5) is 27.9. The van der Waals surface area contributed by atoms with Gasteiger partial charge in [-0.15, -0.1) is 11.3 Å². The van der Waals surface area contributed by atoms with Gasteiger partial charge in [0.1, 0.15) is 10.4 Å². The van der Waals surface area contributed by atoms with Gasteiger partial charge in [-0.3, -0.25) is 9.36 Å². The highest BCUT2D eigenvalue weighted by atomic mass is 32.1. The van der Waals surface area contributed by atoms with Crippen LogP contribution >= 0.6 is 11.3 Å². The van der Waals surface area contributed by atoms with E-state index in [-0.39, 0.29) is 5.56 Å². The molecule has 0 bridgehead atoms. The van der Waals surface area contributed by atoms with E-state index in [4.69, 9.17) is 4.74 Å². The number of rotatable bonds is 4. The van der Waals surface area contributed by atoms with Crippen molar-refractivity contribution < 1.29 is 14.6 Å². The highest BCUT2D eigenvalue weighted by molar-refractivity contribution is 7.22.